The molecule has 2 amide bonds. The topological polar surface area (TPSA) is 96.0 Å². The van der Waals surface area contributed by atoms with Gasteiger partial charge in [-0.3, -0.25) is 13.9 Å². The second kappa shape index (κ2) is 15.8. The summed E-state index contributed by atoms with van der Waals surface area (Å²) in [5.74, 6) is -0.484. The highest BCUT2D eigenvalue weighted by Gasteiger charge is 2.35. The van der Waals surface area contributed by atoms with Gasteiger partial charge in [-0.25, -0.2) is 8.42 Å². The van der Waals surface area contributed by atoms with Crippen LogP contribution in [-0.2, 0) is 32.6 Å². The second-order valence-electron chi connectivity index (χ2n) is 10.1. The zero-order valence-electron chi connectivity index (χ0n) is 25.0. The van der Waals surface area contributed by atoms with Gasteiger partial charge in [0.25, 0.3) is 10.0 Å². The number of sulfonamides is 1. The molecule has 4 rings (SSSR count). The quantitative estimate of drug-likeness (QED) is 0.169. The normalized spacial score (nSPS) is 11.8. The summed E-state index contributed by atoms with van der Waals surface area (Å²) in [4.78, 5) is 29.4. The summed E-state index contributed by atoms with van der Waals surface area (Å²) >= 11 is 13.1. The summed E-state index contributed by atoms with van der Waals surface area (Å²) in [6, 6.07) is 27.6. The van der Waals surface area contributed by atoms with Gasteiger partial charge in [-0.1, -0.05) is 77.8 Å². The Kier molecular flexibility index (Phi) is 11.9. The molecule has 0 aliphatic carbocycles. The van der Waals surface area contributed by atoms with Gasteiger partial charge >= 0.3 is 0 Å². The SMILES string of the molecule is CCNC(=O)[C@@H](Cc1ccccc1)N(Cc1c(Cl)cccc1Cl)C(=O)CN(c1ccccc1)S(=O)(=O)c1ccc(OCC)cc1. The maximum Gasteiger partial charge on any atom is 0.264 e. The molecule has 8 nitrogen and oxygen atoms in total. The first kappa shape index (κ1) is 33.8. The number of amides is 2. The molecule has 0 aliphatic rings. The van der Waals surface area contributed by atoms with E-state index in [0.717, 1.165) is 9.87 Å². The Morgan fingerprint density at radius 2 is 1.42 bits per heavy atom. The smallest absolute Gasteiger partial charge is 0.264 e. The lowest BCUT2D eigenvalue weighted by Crippen LogP contribution is -2.53. The molecule has 0 aromatic heterocycles. The van der Waals surface area contributed by atoms with Crippen molar-refractivity contribution in [3.8, 4) is 5.75 Å². The molecule has 4 aromatic carbocycles. The van der Waals surface area contributed by atoms with Gasteiger partial charge in [0.15, 0.2) is 0 Å². The molecular weight excluding hydrogens is 633 g/mol. The van der Waals surface area contributed by atoms with Gasteiger partial charge in [0.1, 0.15) is 18.3 Å². The molecule has 0 radical (unpaired) electrons. The molecule has 45 heavy (non-hydrogen) atoms. The number of benzene rings is 4. The lowest BCUT2D eigenvalue weighted by Gasteiger charge is -2.34. The van der Waals surface area contributed by atoms with Crippen molar-refractivity contribution < 1.29 is 22.7 Å². The van der Waals surface area contributed by atoms with Gasteiger partial charge in [0.05, 0.1) is 17.2 Å². The predicted molar refractivity (Wildman–Crippen MR) is 178 cm³/mol. The fourth-order valence-electron chi connectivity index (χ4n) is 4.82. The number of nitrogens with one attached hydrogen (secondary N) is 1. The maximum absolute atomic E-state index is 14.4. The van der Waals surface area contributed by atoms with E-state index in [-0.39, 0.29) is 23.5 Å². The van der Waals surface area contributed by atoms with Crippen LogP contribution in [0, 0.1) is 0 Å². The average molecular weight is 669 g/mol. The summed E-state index contributed by atoms with van der Waals surface area (Å²) in [5.41, 5.74) is 1.55. The zero-order chi connectivity index (χ0) is 32.4. The van der Waals surface area contributed by atoms with E-state index in [9.17, 15) is 18.0 Å². The standard InChI is InChI=1S/C34H35Cl2N3O5S/c1-3-37-34(41)32(22-25-12-7-5-8-13-25)38(23-29-30(35)16-11-17-31(29)36)33(40)24-39(26-14-9-6-10-15-26)45(42,43)28-20-18-27(19-21-28)44-4-2/h5-21,32H,3-4,22-24H2,1-2H3,(H,37,41)/t32-/m1/s1. The second-order valence-corrected chi connectivity index (χ2v) is 12.8. The van der Waals surface area contributed by atoms with Crippen LogP contribution in [0.15, 0.2) is 108 Å². The van der Waals surface area contributed by atoms with Crippen LogP contribution in [-0.4, -0.2) is 50.9 Å². The van der Waals surface area contributed by atoms with Crippen LogP contribution in [0.2, 0.25) is 10.0 Å². The van der Waals surface area contributed by atoms with Crippen LogP contribution < -0.4 is 14.4 Å². The third-order valence-corrected chi connectivity index (χ3v) is 9.55. The van der Waals surface area contributed by atoms with E-state index >= 15 is 0 Å². The van der Waals surface area contributed by atoms with E-state index in [4.69, 9.17) is 27.9 Å². The fourth-order valence-corrected chi connectivity index (χ4v) is 6.76. The summed E-state index contributed by atoms with van der Waals surface area (Å²) < 4.78 is 34.8. The molecule has 0 spiro atoms. The van der Waals surface area contributed by atoms with Gasteiger partial charge in [-0.05, 0) is 67.9 Å². The Hall–Kier alpha value is -4.05. The van der Waals surface area contributed by atoms with Crippen molar-refractivity contribution in [1.82, 2.24) is 10.2 Å². The molecule has 11 heteroatoms. The Morgan fingerprint density at radius 1 is 0.822 bits per heavy atom. The van der Waals surface area contributed by atoms with Gasteiger partial charge in [0, 0.05) is 35.1 Å². The molecule has 1 N–H and O–H groups in total. The Balaban J connectivity index is 1.80. The minimum Gasteiger partial charge on any atom is -0.494 e. The number of para-hydroxylation sites is 1. The number of ether oxygens (including phenoxy) is 1. The van der Waals surface area contributed by atoms with Crippen molar-refractivity contribution in [2.45, 2.75) is 37.8 Å². The largest absolute Gasteiger partial charge is 0.494 e. The molecule has 0 bridgehead atoms. The molecule has 0 aliphatic heterocycles. The Labute approximate surface area is 274 Å². The number of likely N-dealkylation sites (N-methyl/N-ethyl adjacent to an activating group) is 1. The molecular formula is C34H35Cl2N3O5S. The van der Waals surface area contributed by atoms with Gasteiger partial charge in [-0.15, -0.1) is 0 Å². The lowest BCUT2D eigenvalue weighted by atomic mass is 10.0. The molecule has 236 valence electrons. The average Bonchev–Trinajstić information content (AvgIpc) is 3.04. The summed E-state index contributed by atoms with van der Waals surface area (Å²) in [5, 5.41) is 3.46. The number of carbonyl (C=O) groups is 2. The van der Waals surface area contributed by atoms with Gasteiger partial charge in [0.2, 0.25) is 11.8 Å². The maximum atomic E-state index is 14.4. The molecule has 0 unspecified atom stereocenters. The predicted octanol–water partition coefficient (Wildman–Crippen LogP) is 6.36. The van der Waals surface area contributed by atoms with Crippen molar-refractivity contribution in [3.05, 3.63) is 124 Å². The monoisotopic (exact) mass is 667 g/mol. The summed E-state index contributed by atoms with van der Waals surface area (Å²) in [7, 11) is -4.24. The van der Waals surface area contributed by atoms with Crippen molar-refractivity contribution in [3.63, 3.8) is 0 Å². The summed E-state index contributed by atoms with van der Waals surface area (Å²) in [6.45, 7) is 3.67. The number of nitrogens with zero attached hydrogens (tertiary/aromatic N) is 2. The van der Waals surface area contributed by atoms with Gasteiger partial charge < -0.3 is 15.0 Å². The van der Waals surface area contributed by atoms with Crippen molar-refractivity contribution in [1.29, 1.82) is 0 Å². The van der Waals surface area contributed by atoms with Crippen molar-refractivity contribution >= 4 is 50.7 Å². The van der Waals surface area contributed by atoms with E-state index in [2.05, 4.69) is 5.32 Å². The molecule has 0 saturated heterocycles. The highest BCUT2D eigenvalue weighted by molar-refractivity contribution is 7.92. The lowest BCUT2D eigenvalue weighted by molar-refractivity contribution is -0.140. The number of carbonyl (C=O) groups excluding carboxylic acids is 2. The molecule has 0 heterocycles. The Bertz CT molecular complexity index is 1670. The van der Waals surface area contributed by atoms with Gasteiger partial charge in [-0.2, -0.15) is 0 Å². The third-order valence-electron chi connectivity index (χ3n) is 7.06. The molecule has 4 aromatic rings. The van der Waals surface area contributed by atoms with Crippen LogP contribution in [0.3, 0.4) is 0 Å². The third kappa shape index (κ3) is 8.57. The first-order valence-corrected chi connectivity index (χ1v) is 16.7. The van der Waals surface area contributed by atoms with Crippen LogP contribution >= 0.6 is 23.2 Å². The minimum atomic E-state index is -4.24. The summed E-state index contributed by atoms with van der Waals surface area (Å²) in [6.07, 6.45) is 0.178. The van der Waals surface area contributed by atoms with Crippen LogP contribution in [0.5, 0.6) is 5.75 Å². The first-order chi connectivity index (χ1) is 21.6. The first-order valence-electron chi connectivity index (χ1n) is 14.5. The number of anilines is 1. The van der Waals surface area contributed by atoms with E-state index in [1.165, 1.54) is 17.0 Å². The number of hydrogen-bond acceptors (Lipinski definition) is 5. The zero-order valence-corrected chi connectivity index (χ0v) is 27.4. The minimum absolute atomic E-state index is 0.0205. The van der Waals surface area contributed by atoms with Crippen molar-refractivity contribution in [2.24, 2.45) is 0 Å². The van der Waals surface area contributed by atoms with Crippen LogP contribution in [0.25, 0.3) is 0 Å². The highest BCUT2D eigenvalue weighted by Crippen LogP contribution is 2.29. The fraction of sp³-hybridized carbons (Fsp3) is 0.235. The molecule has 0 saturated carbocycles. The number of halogens is 2. The van der Waals surface area contributed by atoms with Crippen LogP contribution in [0.1, 0.15) is 25.0 Å². The molecule has 0 fully saturated rings. The Morgan fingerprint density at radius 3 is 2.00 bits per heavy atom. The van der Waals surface area contributed by atoms with E-state index < -0.39 is 34.4 Å². The number of hydrogen-bond donors (Lipinski definition) is 1. The highest BCUT2D eigenvalue weighted by atomic mass is 35.5. The molecule has 1 atom stereocenters. The van der Waals surface area contributed by atoms with E-state index in [0.29, 0.717) is 34.5 Å². The van der Waals surface area contributed by atoms with E-state index in [1.807, 2.05) is 37.3 Å². The van der Waals surface area contributed by atoms with Crippen molar-refractivity contribution in [2.75, 3.05) is 24.0 Å². The van der Waals surface area contributed by atoms with E-state index in [1.54, 1.807) is 67.6 Å². The number of rotatable bonds is 14. The van der Waals surface area contributed by atoms with Crippen LogP contribution in [0.4, 0.5) is 5.69 Å².